The van der Waals surface area contributed by atoms with Crippen molar-refractivity contribution in [2.75, 3.05) is 5.43 Å². The zero-order valence-electron chi connectivity index (χ0n) is 14.0. The summed E-state index contributed by atoms with van der Waals surface area (Å²) in [6, 6.07) is 11.7. The molecule has 1 heterocycles. The first-order valence-electron chi connectivity index (χ1n) is 7.76. The zero-order chi connectivity index (χ0) is 19.6. The molecule has 3 rings (SSSR count). The van der Waals surface area contributed by atoms with Crippen LogP contribution in [0.1, 0.15) is 11.1 Å². The molecule has 0 atom stereocenters. The van der Waals surface area contributed by atoms with Gasteiger partial charge in [0.15, 0.2) is 0 Å². The third kappa shape index (κ3) is 4.05. The number of aromatic nitrogens is 2. The maximum atomic E-state index is 12.2. The summed E-state index contributed by atoms with van der Waals surface area (Å²) < 4.78 is 0.988. The van der Waals surface area contributed by atoms with Crippen molar-refractivity contribution in [3.05, 3.63) is 84.5 Å². The van der Waals surface area contributed by atoms with Gasteiger partial charge in [-0.25, -0.2) is 9.36 Å². The smallest absolute Gasteiger partial charge is 0.335 e. The first-order chi connectivity index (χ1) is 12.9. The van der Waals surface area contributed by atoms with E-state index in [1.807, 2.05) is 13.0 Å². The van der Waals surface area contributed by atoms with E-state index >= 15 is 0 Å². The van der Waals surface area contributed by atoms with Crippen molar-refractivity contribution in [1.29, 1.82) is 0 Å². The summed E-state index contributed by atoms with van der Waals surface area (Å²) in [5.41, 5.74) is 2.63. The van der Waals surface area contributed by atoms with Crippen LogP contribution in [0.25, 0.3) is 5.69 Å². The molecule has 0 aliphatic carbocycles. The standard InChI is InChI=1S/C18H14Cl2N4O3/c1-10-3-2-4-12(7-10)24-17(26)13(16(25)22-18(24)27)9-21-23-15-8-11(19)5-6-14(15)20/h2-9,23,26H,1H3,(H,22,25,27)/b21-9+. The van der Waals surface area contributed by atoms with Crippen molar-refractivity contribution in [3.63, 3.8) is 0 Å². The Labute approximate surface area is 163 Å². The quantitative estimate of drug-likeness (QED) is 0.458. The summed E-state index contributed by atoms with van der Waals surface area (Å²) in [5.74, 6) is -0.530. The molecule has 0 aliphatic heterocycles. The molecule has 0 fully saturated rings. The number of rotatable bonds is 4. The number of hydrogen-bond acceptors (Lipinski definition) is 5. The highest BCUT2D eigenvalue weighted by Crippen LogP contribution is 2.25. The summed E-state index contributed by atoms with van der Waals surface area (Å²) in [4.78, 5) is 26.4. The Morgan fingerprint density at radius 1 is 1.19 bits per heavy atom. The van der Waals surface area contributed by atoms with Gasteiger partial charge in [0.05, 0.1) is 22.6 Å². The monoisotopic (exact) mass is 404 g/mol. The van der Waals surface area contributed by atoms with Gasteiger partial charge in [0, 0.05) is 5.02 Å². The van der Waals surface area contributed by atoms with E-state index in [1.165, 1.54) is 0 Å². The van der Waals surface area contributed by atoms with Crippen LogP contribution in [0, 0.1) is 6.92 Å². The Balaban J connectivity index is 2.01. The van der Waals surface area contributed by atoms with Crippen LogP contribution in [0.2, 0.25) is 10.0 Å². The number of anilines is 1. The van der Waals surface area contributed by atoms with Gasteiger partial charge in [-0.1, -0.05) is 35.3 Å². The Hall–Kier alpha value is -3.03. The topological polar surface area (TPSA) is 99.5 Å². The van der Waals surface area contributed by atoms with Crippen molar-refractivity contribution >= 4 is 35.1 Å². The number of hydrazone groups is 1. The largest absolute Gasteiger partial charge is 0.493 e. The van der Waals surface area contributed by atoms with Gasteiger partial charge in [-0.2, -0.15) is 5.10 Å². The maximum absolute atomic E-state index is 12.2. The average Bonchev–Trinajstić information content (AvgIpc) is 2.60. The molecular weight excluding hydrogens is 391 g/mol. The lowest BCUT2D eigenvalue weighted by molar-refractivity contribution is 0.430. The number of aromatic hydroxyl groups is 1. The van der Waals surface area contributed by atoms with E-state index in [2.05, 4.69) is 15.5 Å². The average molecular weight is 405 g/mol. The normalized spacial score (nSPS) is 11.1. The van der Waals surface area contributed by atoms with Crippen LogP contribution in [0.4, 0.5) is 5.69 Å². The minimum absolute atomic E-state index is 0.193. The van der Waals surface area contributed by atoms with E-state index < -0.39 is 17.1 Å². The van der Waals surface area contributed by atoms with E-state index in [0.717, 1.165) is 16.3 Å². The molecule has 1 aromatic heterocycles. The second-order valence-electron chi connectivity index (χ2n) is 5.67. The van der Waals surface area contributed by atoms with E-state index in [1.54, 1.807) is 36.4 Å². The van der Waals surface area contributed by atoms with Crippen LogP contribution in [0.5, 0.6) is 5.88 Å². The minimum Gasteiger partial charge on any atom is -0.493 e. The summed E-state index contributed by atoms with van der Waals surface area (Å²) >= 11 is 11.9. The molecule has 7 nitrogen and oxygen atoms in total. The molecule has 0 aliphatic rings. The molecule has 0 radical (unpaired) electrons. The third-order valence-corrected chi connectivity index (χ3v) is 4.25. The molecule has 3 N–H and O–H groups in total. The molecule has 3 aromatic rings. The molecule has 0 saturated carbocycles. The summed E-state index contributed by atoms with van der Waals surface area (Å²) in [6.07, 6.45) is 1.09. The third-order valence-electron chi connectivity index (χ3n) is 3.69. The van der Waals surface area contributed by atoms with Crippen LogP contribution in [-0.2, 0) is 0 Å². The van der Waals surface area contributed by atoms with Gasteiger partial charge in [-0.15, -0.1) is 0 Å². The van der Waals surface area contributed by atoms with E-state index in [4.69, 9.17) is 23.2 Å². The highest BCUT2D eigenvalue weighted by atomic mass is 35.5. The molecule has 0 amide bonds. The number of benzene rings is 2. The van der Waals surface area contributed by atoms with Gasteiger partial charge in [0.25, 0.3) is 5.56 Å². The number of nitrogens with zero attached hydrogens (tertiary/aromatic N) is 2. The van der Waals surface area contributed by atoms with Gasteiger partial charge >= 0.3 is 5.69 Å². The molecule has 2 aromatic carbocycles. The molecule has 0 saturated heterocycles. The lowest BCUT2D eigenvalue weighted by Gasteiger charge is -2.10. The lowest BCUT2D eigenvalue weighted by Crippen LogP contribution is -2.31. The van der Waals surface area contributed by atoms with Gasteiger partial charge in [-0.05, 0) is 42.8 Å². The summed E-state index contributed by atoms with van der Waals surface area (Å²) in [7, 11) is 0. The second kappa shape index (κ2) is 7.69. The fourth-order valence-electron chi connectivity index (χ4n) is 2.41. The fourth-order valence-corrected chi connectivity index (χ4v) is 2.74. The molecule has 0 spiro atoms. The lowest BCUT2D eigenvalue weighted by atomic mass is 10.2. The van der Waals surface area contributed by atoms with Crippen molar-refractivity contribution in [1.82, 2.24) is 9.55 Å². The minimum atomic E-state index is -0.774. The van der Waals surface area contributed by atoms with Crippen LogP contribution in [-0.4, -0.2) is 20.9 Å². The molecule has 9 heteroatoms. The van der Waals surface area contributed by atoms with Crippen molar-refractivity contribution in [3.8, 4) is 11.6 Å². The van der Waals surface area contributed by atoms with E-state index in [0.29, 0.717) is 21.4 Å². The predicted molar refractivity (Wildman–Crippen MR) is 107 cm³/mol. The van der Waals surface area contributed by atoms with Gasteiger partial charge in [-0.3, -0.25) is 15.2 Å². The first-order valence-corrected chi connectivity index (χ1v) is 8.52. The molecule has 0 unspecified atom stereocenters. The van der Waals surface area contributed by atoms with Gasteiger partial charge in [0.1, 0.15) is 5.56 Å². The number of halogens is 2. The summed E-state index contributed by atoms with van der Waals surface area (Å²) in [6.45, 7) is 1.85. The predicted octanol–water partition coefficient (Wildman–Crippen LogP) is 3.29. The highest BCUT2D eigenvalue weighted by molar-refractivity contribution is 6.35. The molecule has 27 heavy (non-hydrogen) atoms. The van der Waals surface area contributed by atoms with E-state index in [9.17, 15) is 14.7 Å². The van der Waals surface area contributed by atoms with Gasteiger partial charge < -0.3 is 5.11 Å². The Bertz CT molecular complexity index is 1150. The maximum Gasteiger partial charge on any atom is 0.335 e. The highest BCUT2D eigenvalue weighted by Gasteiger charge is 2.14. The summed E-state index contributed by atoms with van der Waals surface area (Å²) in [5, 5.41) is 15.2. The Kier molecular flexibility index (Phi) is 5.34. The number of aryl methyl sites for hydroxylation is 1. The van der Waals surface area contributed by atoms with Crippen LogP contribution >= 0.6 is 23.2 Å². The van der Waals surface area contributed by atoms with Crippen LogP contribution in [0.15, 0.2) is 57.2 Å². The molecule has 0 bridgehead atoms. The van der Waals surface area contributed by atoms with Crippen molar-refractivity contribution in [2.45, 2.75) is 6.92 Å². The number of nitrogens with one attached hydrogen (secondary N) is 2. The van der Waals surface area contributed by atoms with Crippen LogP contribution < -0.4 is 16.7 Å². The second-order valence-corrected chi connectivity index (χ2v) is 6.51. The Morgan fingerprint density at radius 2 is 1.96 bits per heavy atom. The molecule has 138 valence electrons. The van der Waals surface area contributed by atoms with Gasteiger partial charge in [0.2, 0.25) is 5.88 Å². The number of hydrogen-bond donors (Lipinski definition) is 3. The number of aromatic amines is 1. The Morgan fingerprint density at radius 3 is 2.70 bits per heavy atom. The van der Waals surface area contributed by atoms with Crippen molar-refractivity contribution < 1.29 is 5.11 Å². The zero-order valence-corrected chi connectivity index (χ0v) is 15.5. The fraction of sp³-hybridized carbons (Fsp3) is 0.0556. The molecular formula is C18H14Cl2N4O3. The number of H-pyrrole nitrogens is 1. The van der Waals surface area contributed by atoms with Crippen molar-refractivity contribution in [2.24, 2.45) is 5.10 Å². The van der Waals surface area contributed by atoms with Crippen LogP contribution in [0.3, 0.4) is 0 Å². The van der Waals surface area contributed by atoms with E-state index in [-0.39, 0.29) is 5.56 Å². The SMILES string of the molecule is Cc1cccc(-n2c(O)c(/C=N/Nc3cc(Cl)ccc3Cl)c(=O)[nH]c2=O)c1. The first kappa shape index (κ1) is 18.8.